The molecule has 8 heteroatoms. The van der Waals surface area contributed by atoms with Gasteiger partial charge >= 0.3 is 11.9 Å². The summed E-state index contributed by atoms with van der Waals surface area (Å²) in [5, 5.41) is 3.16. The van der Waals surface area contributed by atoms with Gasteiger partial charge in [0.05, 0.1) is 17.7 Å². The van der Waals surface area contributed by atoms with Crippen LogP contribution in [0.1, 0.15) is 50.9 Å². The summed E-state index contributed by atoms with van der Waals surface area (Å²) in [6.07, 6.45) is 6.66. The number of esters is 2. The first-order valence-electron chi connectivity index (χ1n) is 8.78. The zero-order valence-corrected chi connectivity index (χ0v) is 15.8. The number of aromatic nitrogens is 1. The van der Waals surface area contributed by atoms with Gasteiger partial charge in [0.2, 0.25) is 0 Å². The minimum absolute atomic E-state index is 0.263. The molecule has 0 saturated carbocycles. The maximum absolute atomic E-state index is 12.4. The second-order valence-corrected chi connectivity index (χ2v) is 7.11. The molecule has 2 aromatic heterocycles. The number of nitrogens with zero attached hydrogens (tertiary/aromatic N) is 1. The van der Waals surface area contributed by atoms with E-state index >= 15 is 0 Å². The Labute approximate surface area is 160 Å². The molecule has 2 aromatic rings. The zero-order valence-electron chi connectivity index (χ0n) is 14.9. The Morgan fingerprint density at radius 1 is 1.19 bits per heavy atom. The molecule has 0 spiro atoms. The Kier molecular flexibility index (Phi) is 6.18. The van der Waals surface area contributed by atoms with Crippen molar-refractivity contribution in [2.75, 3.05) is 18.5 Å². The molecule has 1 aliphatic rings. The Bertz CT molecular complexity index is 847. The number of hydrogen-bond acceptors (Lipinski definition) is 7. The van der Waals surface area contributed by atoms with E-state index in [4.69, 9.17) is 9.47 Å². The van der Waals surface area contributed by atoms with Crippen molar-refractivity contribution in [3.05, 3.63) is 46.1 Å². The molecule has 142 valence electrons. The lowest BCUT2D eigenvalue weighted by atomic mass is 9.95. The zero-order chi connectivity index (χ0) is 19.2. The fraction of sp³-hybridized carbons (Fsp3) is 0.368. The highest BCUT2D eigenvalue weighted by molar-refractivity contribution is 7.17. The number of rotatable bonds is 6. The highest BCUT2D eigenvalue weighted by Gasteiger charge is 2.27. The molecule has 2 heterocycles. The third kappa shape index (κ3) is 4.51. The minimum Gasteiger partial charge on any atom is -0.462 e. The summed E-state index contributed by atoms with van der Waals surface area (Å²) in [5.74, 6) is -1.56. The van der Waals surface area contributed by atoms with Gasteiger partial charge in [0.1, 0.15) is 5.00 Å². The molecule has 0 atom stereocenters. The average Bonchev–Trinajstić information content (AvgIpc) is 3.04. The summed E-state index contributed by atoms with van der Waals surface area (Å²) in [7, 11) is 0. The predicted octanol–water partition coefficient (Wildman–Crippen LogP) is 2.99. The lowest BCUT2D eigenvalue weighted by Gasteiger charge is -2.12. The number of ether oxygens (including phenoxy) is 2. The van der Waals surface area contributed by atoms with E-state index in [1.807, 2.05) is 0 Å². The molecule has 0 radical (unpaired) electrons. The fourth-order valence-electron chi connectivity index (χ4n) is 2.93. The van der Waals surface area contributed by atoms with Crippen LogP contribution in [0.3, 0.4) is 0 Å². The van der Waals surface area contributed by atoms with Crippen LogP contribution < -0.4 is 5.32 Å². The van der Waals surface area contributed by atoms with E-state index in [0.29, 0.717) is 10.6 Å². The number of pyridine rings is 1. The highest BCUT2D eigenvalue weighted by atomic mass is 32.1. The van der Waals surface area contributed by atoms with E-state index in [-0.39, 0.29) is 12.2 Å². The molecule has 1 N–H and O–H groups in total. The van der Waals surface area contributed by atoms with Crippen LogP contribution in [-0.2, 0) is 27.1 Å². The van der Waals surface area contributed by atoms with Crippen molar-refractivity contribution in [1.82, 2.24) is 4.98 Å². The maximum atomic E-state index is 12.4. The first kappa shape index (κ1) is 19.0. The van der Waals surface area contributed by atoms with Crippen molar-refractivity contribution in [3.63, 3.8) is 0 Å². The summed E-state index contributed by atoms with van der Waals surface area (Å²) in [5.41, 5.74) is 1.67. The Hall–Kier alpha value is -2.74. The van der Waals surface area contributed by atoms with Crippen LogP contribution in [0.15, 0.2) is 24.5 Å². The van der Waals surface area contributed by atoms with E-state index in [1.165, 1.54) is 17.5 Å². The van der Waals surface area contributed by atoms with Gasteiger partial charge in [-0.1, -0.05) is 0 Å². The van der Waals surface area contributed by atoms with Crippen molar-refractivity contribution in [3.8, 4) is 0 Å². The number of anilines is 1. The van der Waals surface area contributed by atoms with Crippen molar-refractivity contribution < 1.29 is 23.9 Å². The fourth-order valence-corrected chi connectivity index (χ4v) is 4.23. The van der Waals surface area contributed by atoms with Gasteiger partial charge in [-0.05, 0) is 50.3 Å². The number of fused-ring (bicyclic) bond motifs is 1. The maximum Gasteiger partial charge on any atom is 0.341 e. The van der Waals surface area contributed by atoms with Gasteiger partial charge in [-0.15, -0.1) is 11.3 Å². The number of amides is 1. The SMILES string of the molecule is CCOC(=O)c1c(NC(=O)COC(=O)c2cccnc2)sc2c1CCCC2. The van der Waals surface area contributed by atoms with Gasteiger partial charge in [0.25, 0.3) is 5.91 Å². The molecule has 0 saturated heterocycles. The number of aryl methyl sites for hydroxylation is 1. The van der Waals surface area contributed by atoms with Crippen LogP contribution in [0.25, 0.3) is 0 Å². The largest absolute Gasteiger partial charge is 0.462 e. The number of thiophene rings is 1. The molecule has 1 amide bonds. The van der Waals surface area contributed by atoms with Crippen LogP contribution >= 0.6 is 11.3 Å². The second-order valence-electron chi connectivity index (χ2n) is 6.00. The minimum atomic E-state index is -0.630. The third-order valence-electron chi connectivity index (χ3n) is 4.14. The van der Waals surface area contributed by atoms with Gasteiger partial charge in [0, 0.05) is 17.3 Å². The van der Waals surface area contributed by atoms with Crippen LogP contribution in [0, 0.1) is 0 Å². The van der Waals surface area contributed by atoms with E-state index in [0.717, 1.165) is 36.1 Å². The van der Waals surface area contributed by atoms with Gasteiger partial charge in [-0.25, -0.2) is 9.59 Å². The van der Waals surface area contributed by atoms with Crippen molar-refractivity contribution in [2.24, 2.45) is 0 Å². The molecule has 0 unspecified atom stereocenters. The molecular formula is C19H20N2O5S. The first-order chi connectivity index (χ1) is 13.1. The summed E-state index contributed by atoms with van der Waals surface area (Å²) < 4.78 is 10.2. The molecular weight excluding hydrogens is 368 g/mol. The Balaban J connectivity index is 1.69. The number of carbonyl (C=O) groups is 3. The van der Waals surface area contributed by atoms with Gasteiger partial charge < -0.3 is 14.8 Å². The van der Waals surface area contributed by atoms with Gasteiger partial charge in [0.15, 0.2) is 6.61 Å². The standard InChI is InChI=1S/C19H20N2O5S/c1-2-25-19(24)16-13-7-3-4-8-14(13)27-17(16)21-15(22)11-26-18(23)12-6-5-9-20-10-12/h5-6,9-10H,2-4,7-8,11H2,1H3,(H,21,22). The summed E-state index contributed by atoms with van der Waals surface area (Å²) in [6.45, 7) is 1.56. The molecule has 0 bridgehead atoms. The summed E-state index contributed by atoms with van der Waals surface area (Å²) in [4.78, 5) is 41.5. The van der Waals surface area contributed by atoms with Crippen LogP contribution in [0.2, 0.25) is 0 Å². The van der Waals surface area contributed by atoms with E-state index in [2.05, 4.69) is 10.3 Å². The summed E-state index contributed by atoms with van der Waals surface area (Å²) >= 11 is 1.39. The quantitative estimate of drug-likeness (QED) is 0.765. The van der Waals surface area contributed by atoms with Crippen molar-refractivity contribution in [2.45, 2.75) is 32.6 Å². The summed E-state index contributed by atoms with van der Waals surface area (Å²) in [6, 6.07) is 3.16. The molecule has 0 aromatic carbocycles. The van der Waals surface area contributed by atoms with Crippen LogP contribution in [0.4, 0.5) is 5.00 Å². The lowest BCUT2D eigenvalue weighted by Crippen LogP contribution is -2.22. The van der Waals surface area contributed by atoms with E-state index < -0.39 is 24.5 Å². The Morgan fingerprint density at radius 2 is 2.00 bits per heavy atom. The average molecular weight is 388 g/mol. The first-order valence-corrected chi connectivity index (χ1v) is 9.60. The second kappa shape index (κ2) is 8.77. The smallest absolute Gasteiger partial charge is 0.341 e. The predicted molar refractivity (Wildman–Crippen MR) is 100 cm³/mol. The van der Waals surface area contributed by atoms with E-state index in [9.17, 15) is 14.4 Å². The van der Waals surface area contributed by atoms with Crippen LogP contribution in [0.5, 0.6) is 0 Å². The number of hydrogen-bond donors (Lipinski definition) is 1. The van der Waals surface area contributed by atoms with Crippen molar-refractivity contribution in [1.29, 1.82) is 0 Å². The molecule has 1 aliphatic carbocycles. The van der Waals surface area contributed by atoms with Crippen molar-refractivity contribution >= 4 is 34.2 Å². The van der Waals surface area contributed by atoms with Gasteiger partial charge in [-0.2, -0.15) is 0 Å². The lowest BCUT2D eigenvalue weighted by molar-refractivity contribution is -0.119. The molecule has 3 rings (SSSR count). The molecule has 7 nitrogen and oxygen atoms in total. The third-order valence-corrected chi connectivity index (χ3v) is 5.34. The highest BCUT2D eigenvalue weighted by Crippen LogP contribution is 2.38. The number of carbonyl (C=O) groups excluding carboxylic acids is 3. The monoisotopic (exact) mass is 388 g/mol. The van der Waals surface area contributed by atoms with Gasteiger partial charge in [-0.3, -0.25) is 9.78 Å². The molecule has 0 aliphatic heterocycles. The molecule has 27 heavy (non-hydrogen) atoms. The Morgan fingerprint density at radius 3 is 2.74 bits per heavy atom. The normalized spacial score (nSPS) is 12.8. The molecule has 0 fully saturated rings. The van der Waals surface area contributed by atoms with E-state index in [1.54, 1.807) is 25.3 Å². The topological polar surface area (TPSA) is 94.6 Å². The van der Waals surface area contributed by atoms with Crippen LogP contribution in [-0.4, -0.2) is 36.0 Å². The number of nitrogens with one attached hydrogen (secondary N) is 1.